The van der Waals surface area contributed by atoms with Crippen molar-refractivity contribution in [3.8, 4) is 0 Å². The molecule has 1 atom stereocenters. The molecule has 0 unspecified atom stereocenters. The Labute approximate surface area is 117 Å². The Balaban J connectivity index is 2.37. The van der Waals surface area contributed by atoms with Gasteiger partial charge in [0.15, 0.2) is 0 Å². The van der Waals surface area contributed by atoms with Crippen LogP contribution < -0.4 is 10.6 Å². The molecular formula is C15H19FN2S. The van der Waals surface area contributed by atoms with E-state index in [1.165, 1.54) is 10.9 Å². The number of anilines is 1. The fourth-order valence-electron chi connectivity index (χ4n) is 2.17. The number of hydrogen-bond acceptors (Lipinski definition) is 3. The van der Waals surface area contributed by atoms with Crippen LogP contribution in [0.1, 0.15) is 30.3 Å². The third kappa shape index (κ3) is 3.14. The molecule has 1 aromatic carbocycles. The summed E-state index contributed by atoms with van der Waals surface area (Å²) in [6, 6.07) is 9.03. The monoisotopic (exact) mass is 278 g/mol. The van der Waals surface area contributed by atoms with Gasteiger partial charge in [-0.25, -0.2) is 4.39 Å². The lowest BCUT2D eigenvalue weighted by molar-refractivity contribution is 0.611. The second-order valence-corrected chi connectivity index (χ2v) is 5.59. The Morgan fingerprint density at radius 1 is 1.32 bits per heavy atom. The van der Waals surface area contributed by atoms with Gasteiger partial charge in [0.1, 0.15) is 5.82 Å². The lowest BCUT2D eigenvalue weighted by Crippen LogP contribution is -2.25. The quantitative estimate of drug-likeness (QED) is 0.897. The minimum Gasteiger partial charge on any atom is -0.364 e. The zero-order valence-corrected chi connectivity index (χ0v) is 12.1. The van der Waals surface area contributed by atoms with Crippen molar-refractivity contribution >= 4 is 17.0 Å². The number of thiophene rings is 1. The number of halogens is 1. The van der Waals surface area contributed by atoms with Gasteiger partial charge in [-0.05, 0) is 36.9 Å². The molecule has 0 saturated heterocycles. The average molecular weight is 278 g/mol. The first-order valence-corrected chi connectivity index (χ1v) is 7.32. The summed E-state index contributed by atoms with van der Waals surface area (Å²) < 4.78 is 14.2. The first-order valence-electron chi connectivity index (χ1n) is 6.44. The van der Waals surface area contributed by atoms with Gasteiger partial charge in [0.2, 0.25) is 0 Å². The number of benzene rings is 1. The molecule has 0 saturated carbocycles. The van der Waals surface area contributed by atoms with Crippen LogP contribution in [0.2, 0.25) is 0 Å². The van der Waals surface area contributed by atoms with E-state index in [9.17, 15) is 4.39 Å². The molecule has 0 radical (unpaired) electrons. The fourth-order valence-corrected chi connectivity index (χ4v) is 2.89. The molecule has 0 fully saturated rings. The zero-order chi connectivity index (χ0) is 13.8. The summed E-state index contributed by atoms with van der Waals surface area (Å²) in [6.45, 7) is 5.38. The van der Waals surface area contributed by atoms with Gasteiger partial charge in [-0.3, -0.25) is 0 Å². The van der Waals surface area contributed by atoms with Crippen LogP contribution in [0.15, 0.2) is 35.7 Å². The van der Waals surface area contributed by atoms with Gasteiger partial charge in [0.05, 0.1) is 12.2 Å². The largest absolute Gasteiger partial charge is 0.364 e. The van der Waals surface area contributed by atoms with Gasteiger partial charge in [-0.2, -0.15) is 0 Å². The number of nitrogens with zero attached hydrogens (tertiary/aromatic N) is 1. The molecule has 19 heavy (non-hydrogen) atoms. The normalized spacial score (nSPS) is 12.4. The van der Waals surface area contributed by atoms with Gasteiger partial charge < -0.3 is 10.6 Å². The highest BCUT2D eigenvalue weighted by Crippen LogP contribution is 2.30. The lowest BCUT2D eigenvalue weighted by Gasteiger charge is -2.27. The molecule has 2 rings (SSSR count). The Morgan fingerprint density at radius 3 is 2.68 bits per heavy atom. The standard InChI is InChI=1S/C15H19FN2S/c1-3-18(10-12-6-5-9-19-12)15-13(11(2)17)7-4-8-14(15)16/h4-9,11H,3,10,17H2,1-2H3/t11-/m0/s1. The number of hydrogen-bond donors (Lipinski definition) is 1. The molecule has 2 nitrogen and oxygen atoms in total. The first kappa shape index (κ1) is 14.0. The first-order chi connectivity index (χ1) is 9.13. The summed E-state index contributed by atoms with van der Waals surface area (Å²) in [7, 11) is 0. The van der Waals surface area contributed by atoms with Crippen molar-refractivity contribution in [2.24, 2.45) is 5.73 Å². The van der Waals surface area contributed by atoms with E-state index in [0.29, 0.717) is 5.69 Å². The number of nitrogens with two attached hydrogens (primary N) is 1. The topological polar surface area (TPSA) is 29.3 Å². The van der Waals surface area contributed by atoms with E-state index in [4.69, 9.17) is 5.73 Å². The summed E-state index contributed by atoms with van der Waals surface area (Å²) in [5, 5.41) is 2.04. The Bertz CT molecular complexity index is 523. The molecule has 0 bridgehead atoms. The minimum absolute atomic E-state index is 0.178. The van der Waals surface area contributed by atoms with Crippen LogP contribution in [-0.4, -0.2) is 6.54 Å². The second-order valence-electron chi connectivity index (χ2n) is 4.56. The summed E-state index contributed by atoms with van der Waals surface area (Å²) >= 11 is 1.69. The highest BCUT2D eigenvalue weighted by Gasteiger charge is 2.17. The number of rotatable bonds is 5. The third-order valence-corrected chi connectivity index (χ3v) is 3.99. The molecule has 2 aromatic rings. The maximum absolute atomic E-state index is 14.2. The molecule has 0 aliphatic heterocycles. The Hall–Kier alpha value is -1.39. The smallest absolute Gasteiger partial charge is 0.146 e. The predicted octanol–water partition coefficient (Wildman–Crippen LogP) is 3.93. The van der Waals surface area contributed by atoms with Gasteiger partial charge in [-0.1, -0.05) is 18.2 Å². The van der Waals surface area contributed by atoms with Crippen molar-refractivity contribution in [2.45, 2.75) is 26.4 Å². The SMILES string of the molecule is CCN(Cc1cccs1)c1c(F)cccc1[C@H](C)N. The highest BCUT2D eigenvalue weighted by molar-refractivity contribution is 7.09. The van der Waals surface area contributed by atoms with Gasteiger partial charge in [0, 0.05) is 17.5 Å². The average Bonchev–Trinajstić information content (AvgIpc) is 2.89. The number of para-hydroxylation sites is 1. The van der Waals surface area contributed by atoms with E-state index in [1.807, 2.05) is 36.3 Å². The van der Waals surface area contributed by atoms with Gasteiger partial charge >= 0.3 is 0 Å². The molecule has 1 heterocycles. The molecule has 0 spiro atoms. The molecule has 102 valence electrons. The fraction of sp³-hybridized carbons (Fsp3) is 0.333. The maximum Gasteiger partial charge on any atom is 0.146 e. The summed E-state index contributed by atoms with van der Waals surface area (Å²) in [4.78, 5) is 3.26. The highest BCUT2D eigenvalue weighted by atomic mass is 32.1. The van der Waals surface area contributed by atoms with E-state index in [2.05, 4.69) is 6.07 Å². The van der Waals surface area contributed by atoms with Crippen LogP contribution in [0.25, 0.3) is 0 Å². The van der Waals surface area contributed by atoms with Crippen LogP contribution in [-0.2, 0) is 6.54 Å². The van der Waals surface area contributed by atoms with Gasteiger partial charge in [-0.15, -0.1) is 11.3 Å². The molecule has 0 aliphatic rings. The van der Waals surface area contributed by atoms with E-state index in [1.54, 1.807) is 17.4 Å². The summed E-state index contributed by atoms with van der Waals surface area (Å²) in [5.74, 6) is -0.201. The minimum atomic E-state index is -0.201. The van der Waals surface area contributed by atoms with E-state index in [0.717, 1.165) is 18.7 Å². The molecule has 4 heteroatoms. The summed E-state index contributed by atoms with van der Waals surface area (Å²) in [6.07, 6.45) is 0. The molecular weight excluding hydrogens is 259 g/mol. The molecule has 0 amide bonds. The van der Waals surface area contributed by atoms with Gasteiger partial charge in [0.25, 0.3) is 0 Å². The maximum atomic E-state index is 14.2. The van der Waals surface area contributed by atoms with Crippen LogP contribution in [0.4, 0.5) is 10.1 Å². The van der Waals surface area contributed by atoms with Crippen LogP contribution in [0.3, 0.4) is 0 Å². The summed E-state index contributed by atoms with van der Waals surface area (Å²) in [5.41, 5.74) is 7.45. The van der Waals surface area contributed by atoms with Crippen molar-refractivity contribution < 1.29 is 4.39 Å². The third-order valence-electron chi connectivity index (χ3n) is 3.13. The van der Waals surface area contributed by atoms with Crippen molar-refractivity contribution in [3.63, 3.8) is 0 Å². The van der Waals surface area contributed by atoms with E-state index < -0.39 is 0 Å². The molecule has 1 aromatic heterocycles. The Morgan fingerprint density at radius 2 is 2.11 bits per heavy atom. The van der Waals surface area contributed by atoms with Crippen molar-refractivity contribution in [3.05, 3.63) is 52.0 Å². The molecule has 0 aliphatic carbocycles. The van der Waals surface area contributed by atoms with Crippen molar-refractivity contribution in [2.75, 3.05) is 11.4 Å². The molecule has 2 N–H and O–H groups in total. The van der Waals surface area contributed by atoms with E-state index >= 15 is 0 Å². The van der Waals surface area contributed by atoms with Crippen molar-refractivity contribution in [1.82, 2.24) is 0 Å². The lowest BCUT2D eigenvalue weighted by atomic mass is 10.1. The predicted molar refractivity (Wildman–Crippen MR) is 80.0 cm³/mol. The second kappa shape index (κ2) is 6.17. The van der Waals surface area contributed by atoms with E-state index in [-0.39, 0.29) is 11.9 Å². The zero-order valence-electron chi connectivity index (χ0n) is 11.3. The van der Waals surface area contributed by atoms with Crippen LogP contribution >= 0.6 is 11.3 Å². The van der Waals surface area contributed by atoms with Crippen molar-refractivity contribution in [1.29, 1.82) is 0 Å². The van der Waals surface area contributed by atoms with Crippen LogP contribution in [0, 0.1) is 5.82 Å². The Kier molecular flexibility index (Phi) is 4.56. The van der Waals surface area contributed by atoms with Crippen LogP contribution in [0.5, 0.6) is 0 Å².